The van der Waals surface area contributed by atoms with Crippen LogP contribution in [-0.2, 0) is 20.9 Å². The van der Waals surface area contributed by atoms with E-state index in [2.05, 4.69) is 5.32 Å². The summed E-state index contributed by atoms with van der Waals surface area (Å²) in [6, 6.07) is 2.58. The van der Waals surface area contributed by atoms with Crippen LogP contribution in [-0.4, -0.2) is 89.3 Å². The molecule has 202 valence electrons. The molecule has 1 saturated carbocycles. The third kappa shape index (κ3) is 4.71. The molecule has 2 aliphatic carbocycles. The number of methoxy groups -OCH3 is 1. The number of benzene rings is 1. The zero-order valence-electron chi connectivity index (χ0n) is 21.1. The highest BCUT2D eigenvalue weighted by Crippen LogP contribution is 2.51. The molecule has 2 aliphatic heterocycles. The Balaban J connectivity index is 1.59. The number of aliphatic hydroxyl groups is 3. The van der Waals surface area contributed by atoms with Gasteiger partial charge in [0.25, 0.3) is 5.91 Å². The van der Waals surface area contributed by atoms with Gasteiger partial charge in [-0.2, -0.15) is 0 Å². The van der Waals surface area contributed by atoms with Crippen molar-refractivity contribution in [3.63, 3.8) is 0 Å². The first kappa shape index (κ1) is 26.0. The van der Waals surface area contributed by atoms with Gasteiger partial charge in [0.15, 0.2) is 11.5 Å². The SMILES string of the molecule is COc1cc(CO)cc2c1OC1C2C(C(=O)NCCO)=CC(N(C(=O)C2CCCO2)C2CCCC2)C1O. The lowest BCUT2D eigenvalue weighted by atomic mass is 9.76. The van der Waals surface area contributed by atoms with Gasteiger partial charge in [-0.1, -0.05) is 12.8 Å². The average molecular weight is 517 g/mol. The van der Waals surface area contributed by atoms with E-state index in [9.17, 15) is 24.9 Å². The van der Waals surface area contributed by atoms with E-state index in [1.807, 2.05) is 0 Å². The molecule has 0 bridgehead atoms. The Morgan fingerprint density at radius 2 is 1.95 bits per heavy atom. The lowest BCUT2D eigenvalue weighted by molar-refractivity contribution is -0.150. The minimum atomic E-state index is -1.11. The van der Waals surface area contributed by atoms with Crippen LogP contribution in [0.2, 0.25) is 0 Å². The molecule has 2 fully saturated rings. The van der Waals surface area contributed by atoms with Gasteiger partial charge in [0.2, 0.25) is 5.91 Å². The van der Waals surface area contributed by atoms with Gasteiger partial charge in [0, 0.05) is 30.3 Å². The standard InChI is InChI=1S/C27H36N2O8/c1-35-21-12-15(14-31)11-17-22-18(26(33)28-8-9-30)13-19(23(32)25(22)37-24(17)21)29(16-5-2-3-6-16)27(34)20-7-4-10-36-20/h11-13,16,19-20,22-23,25,30-32H,2-10,14H2,1H3,(H,28,33). The van der Waals surface area contributed by atoms with Gasteiger partial charge in [0.05, 0.1) is 32.3 Å². The van der Waals surface area contributed by atoms with E-state index in [1.165, 1.54) is 7.11 Å². The van der Waals surface area contributed by atoms with Crippen molar-refractivity contribution in [2.45, 2.75) is 81.4 Å². The monoisotopic (exact) mass is 516 g/mol. The van der Waals surface area contributed by atoms with Crippen LogP contribution < -0.4 is 14.8 Å². The van der Waals surface area contributed by atoms with Crippen molar-refractivity contribution in [1.82, 2.24) is 10.2 Å². The van der Waals surface area contributed by atoms with Crippen LogP contribution >= 0.6 is 0 Å². The number of hydrogen-bond donors (Lipinski definition) is 4. The minimum Gasteiger partial charge on any atom is -0.493 e. The molecule has 5 unspecified atom stereocenters. The molecule has 2 amide bonds. The van der Waals surface area contributed by atoms with Crippen LogP contribution in [0.5, 0.6) is 11.5 Å². The summed E-state index contributed by atoms with van der Waals surface area (Å²) >= 11 is 0. The number of aliphatic hydroxyl groups excluding tert-OH is 3. The molecular weight excluding hydrogens is 480 g/mol. The third-order valence-electron chi connectivity index (χ3n) is 7.99. The first-order chi connectivity index (χ1) is 18.0. The Kier molecular flexibility index (Phi) is 7.71. The summed E-state index contributed by atoms with van der Waals surface area (Å²) in [5, 5.41) is 33.6. The molecular formula is C27H36N2O8. The summed E-state index contributed by atoms with van der Waals surface area (Å²) in [5.74, 6) is -0.384. The van der Waals surface area contributed by atoms with Crippen LogP contribution in [0.25, 0.3) is 0 Å². The summed E-state index contributed by atoms with van der Waals surface area (Å²) in [4.78, 5) is 28.9. The summed E-state index contributed by atoms with van der Waals surface area (Å²) in [7, 11) is 1.49. The number of nitrogens with one attached hydrogen (secondary N) is 1. The Morgan fingerprint density at radius 3 is 2.59 bits per heavy atom. The molecule has 0 aromatic heterocycles. The molecule has 10 nitrogen and oxygen atoms in total. The minimum absolute atomic E-state index is 0.0646. The maximum absolute atomic E-state index is 13.8. The number of fused-ring (bicyclic) bond motifs is 3. The van der Waals surface area contributed by atoms with Crippen molar-refractivity contribution in [2.24, 2.45) is 0 Å². The van der Waals surface area contributed by atoms with Crippen molar-refractivity contribution in [1.29, 1.82) is 0 Å². The molecule has 37 heavy (non-hydrogen) atoms. The summed E-state index contributed by atoms with van der Waals surface area (Å²) in [6.07, 6.45) is 4.26. The number of carbonyl (C=O) groups excluding carboxylic acids is 2. The van der Waals surface area contributed by atoms with Gasteiger partial charge in [-0.25, -0.2) is 0 Å². The second kappa shape index (κ2) is 11.0. The third-order valence-corrected chi connectivity index (χ3v) is 7.99. The lowest BCUT2D eigenvalue weighted by Crippen LogP contribution is -2.59. The molecule has 0 spiro atoms. The second-order valence-corrected chi connectivity index (χ2v) is 10.2. The summed E-state index contributed by atoms with van der Waals surface area (Å²) in [5.41, 5.74) is 1.58. The molecule has 10 heteroatoms. The number of amides is 2. The Hall–Kier alpha value is -2.66. The number of nitrogens with zero attached hydrogens (tertiary/aromatic N) is 1. The molecule has 5 rings (SSSR count). The fourth-order valence-electron chi connectivity index (χ4n) is 6.28. The highest BCUT2D eigenvalue weighted by molar-refractivity contribution is 5.96. The van der Waals surface area contributed by atoms with E-state index in [0.29, 0.717) is 41.2 Å². The molecule has 4 aliphatic rings. The van der Waals surface area contributed by atoms with Crippen LogP contribution in [0.3, 0.4) is 0 Å². The molecule has 0 radical (unpaired) electrons. The van der Waals surface area contributed by atoms with Gasteiger partial charge in [-0.3, -0.25) is 9.59 Å². The fourth-order valence-corrected chi connectivity index (χ4v) is 6.28. The van der Waals surface area contributed by atoms with Gasteiger partial charge in [-0.05, 0) is 49.5 Å². The average Bonchev–Trinajstić information content (AvgIpc) is 3.69. The van der Waals surface area contributed by atoms with Crippen LogP contribution in [0.1, 0.15) is 55.6 Å². The van der Waals surface area contributed by atoms with Crippen molar-refractivity contribution in [3.8, 4) is 11.5 Å². The Bertz CT molecular complexity index is 1050. The Labute approximate surface area is 216 Å². The highest BCUT2D eigenvalue weighted by atomic mass is 16.5. The van der Waals surface area contributed by atoms with E-state index in [4.69, 9.17) is 14.2 Å². The maximum atomic E-state index is 13.8. The van der Waals surface area contributed by atoms with Crippen molar-refractivity contribution in [2.75, 3.05) is 26.9 Å². The second-order valence-electron chi connectivity index (χ2n) is 10.2. The molecule has 1 saturated heterocycles. The smallest absolute Gasteiger partial charge is 0.252 e. The predicted octanol–water partition coefficient (Wildman–Crippen LogP) is 0.760. The van der Waals surface area contributed by atoms with Crippen LogP contribution in [0, 0.1) is 0 Å². The van der Waals surface area contributed by atoms with Crippen molar-refractivity contribution >= 4 is 11.8 Å². The molecule has 1 aromatic carbocycles. The Morgan fingerprint density at radius 1 is 1.16 bits per heavy atom. The topological polar surface area (TPSA) is 138 Å². The maximum Gasteiger partial charge on any atom is 0.252 e. The van der Waals surface area contributed by atoms with Gasteiger partial charge in [-0.15, -0.1) is 0 Å². The van der Waals surface area contributed by atoms with Gasteiger partial charge >= 0.3 is 0 Å². The van der Waals surface area contributed by atoms with Crippen molar-refractivity contribution in [3.05, 3.63) is 34.9 Å². The van der Waals surface area contributed by atoms with E-state index in [1.54, 1.807) is 23.1 Å². The summed E-state index contributed by atoms with van der Waals surface area (Å²) < 4.78 is 17.5. The van der Waals surface area contributed by atoms with E-state index in [-0.39, 0.29) is 31.7 Å². The molecule has 5 atom stereocenters. The number of ether oxygens (including phenoxy) is 3. The number of carbonyl (C=O) groups is 2. The number of rotatable bonds is 8. The molecule has 1 aromatic rings. The lowest BCUT2D eigenvalue weighted by Gasteiger charge is -2.44. The first-order valence-corrected chi connectivity index (χ1v) is 13.2. The predicted molar refractivity (Wildman–Crippen MR) is 132 cm³/mol. The quantitative estimate of drug-likeness (QED) is 0.398. The fraction of sp³-hybridized carbons (Fsp3) is 0.630. The zero-order chi connectivity index (χ0) is 26.1. The zero-order valence-corrected chi connectivity index (χ0v) is 21.1. The number of hydrogen-bond acceptors (Lipinski definition) is 8. The highest BCUT2D eigenvalue weighted by Gasteiger charge is 2.53. The van der Waals surface area contributed by atoms with Crippen LogP contribution in [0.4, 0.5) is 0 Å². The van der Waals surface area contributed by atoms with Crippen molar-refractivity contribution < 1.29 is 39.1 Å². The molecule has 4 N–H and O–H groups in total. The van der Waals surface area contributed by atoms with Crippen LogP contribution in [0.15, 0.2) is 23.8 Å². The van der Waals surface area contributed by atoms with E-state index in [0.717, 1.165) is 32.1 Å². The summed E-state index contributed by atoms with van der Waals surface area (Å²) in [6.45, 7) is 0.145. The van der Waals surface area contributed by atoms with Gasteiger partial charge < -0.3 is 39.7 Å². The van der Waals surface area contributed by atoms with Gasteiger partial charge in [0.1, 0.15) is 18.3 Å². The first-order valence-electron chi connectivity index (χ1n) is 13.2. The normalized spacial score (nSPS) is 28.8. The van der Waals surface area contributed by atoms with E-state index >= 15 is 0 Å². The molecule has 2 heterocycles. The largest absolute Gasteiger partial charge is 0.493 e. The van der Waals surface area contributed by atoms with E-state index < -0.39 is 36.2 Å².